The van der Waals surface area contributed by atoms with Gasteiger partial charge in [-0.15, -0.1) is 0 Å². The predicted octanol–water partition coefficient (Wildman–Crippen LogP) is 10.3. The first-order chi connectivity index (χ1) is 20.5. The van der Waals surface area contributed by atoms with Crippen molar-refractivity contribution in [3.8, 4) is 0 Å². The van der Waals surface area contributed by atoms with Gasteiger partial charge in [0.2, 0.25) is 0 Å². The van der Waals surface area contributed by atoms with Crippen LogP contribution in [-0.4, -0.2) is 95.0 Å². The minimum absolute atomic E-state index is 0.384. The summed E-state index contributed by atoms with van der Waals surface area (Å²) in [7, 11) is 12.1. The van der Waals surface area contributed by atoms with E-state index in [4.69, 9.17) is 33.2 Å². The zero-order valence-corrected chi connectivity index (χ0v) is 32.9. The van der Waals surface area contributed by atoms with Crippen molar-refractivity contribution in [2.24, 2.45) is 5.92 Å². The van der Waals surface area contributed by atoms with E-state index in [1.54, 1.807) is 49.8 Å². The summed E-state index contributed by atoms with van der Waals surface area (Å²) in [5.74, 6) is 0.676. The largest absolute Gasteiger partial charge is 0.385 e. The Balaban J connectivity index is -0.0000000707. The van der Waals surface area contributed by atoms with Crippen LogP contribution in [0.3, 0.4) is 0 Å². The van der Waals surface area contributed by atoms with Crippen molar-refractivity contribution in [1.29, 1.82) is 0 Å². The van der Waals surface area contributed by atoms with Crippen LogP contribution in [0.2, 0.25) is 0 Å². The highest BCUT2D eigenvalue weighted by molar-refractivity contribution is 4.39. The third-order valence-electron chi connectivity index (χ3n) is 5.21. The van der Waals surface area contributed by atoms with Gasteiger partial charge in [0.05, 0.1) is 12.2 Å². The fraction of sp³-hybridized carbons (Fsp3) is 1.00. The molecule has 0 aliphatic carbocycles. The van der Waals surface area contributed by atoms with E-state index < -0.39 is 0 Å². The molecule has 0 aromatic heterocycles. The van der Waals surface area contributed by atoms with Crippen molar-refractivity contribution in [1.82, 2.24) is 0 Å². The minimum Gasteiger partial charge on any atom is -0.385 e. The van der Waals surface area contributed by atoms with Gasteiger partial charge in [-0.2, -0.15) is 0 Å². The van der Waals surface area contributed by atoms with E-state index in [0.717, 1.165) is 45.9 Å². The van der Waals surface area contributed by atoms with Crippen molar-refractivity contribution >= 4 is 0 Å². The molecule has 0 aliphatic rings. The number of ether oxygens (including phenoxy) is 7. The summed E-state index contributed by atoms with van der Waals surface area (Å²) in [5.41, 5.74) is 0. The van der Waals surface area contributed by atoms with Crippen molar-refractivity contribution < 1.29 is 33.2 Å². The summed E-state index contributed by atoms with van der Waals surface area (Å²) < 4.78 is 33.7. The smallest absolute Gasteiger partial charge is 0.0540 e. The molecule has 0 radical (unpaired) electrons. The van der Waals surface area contributed by atoms with Gasteiger partial charge in [0, 0.05) is 82.8 Å². The van der Waals surface area contributed by atoms with E-state index in [2.05, 4.69) is 55.4 Å². The van der Waals surface area contributed by atoms with Gasteiger partial charge in [-0.25, -0.2) is 0 Å². The second kappa shape index (κ2) is 68.8. The molecule has 0 spiro atoms. The molecule has 0 amide bonds. The Morgan fingerprint density at radius 2 is 0.767 bits per heavy atom. The molecule has 0 fully saturated rings. The lowest BCUT2D eigenvalue weighted by atomic mass is 10.2. The zero-order chi connectivity index (χ0) is 35.0. The lowest BCUT2D eigenvalue weighted by Gasteiger charge is -2.01. The molecule has 0 N–H and O–H groups in total. The predicted molar refractivity (Wildman–Crippen MR) is 192 cm³/mol. The van der Waals surface area contributed by atoms with Crippen molar-refractivity contribution in [2.45, 2.75) is 152 Å². The van der Waals surface area contributed by atoms with Gasteiger partial charge in [-0.1, -0.05) is 87.0 Å². The van der Waals surface area contributed by atoms with E-state index in [9.17, 15) is 0 Å². The molecule has 7 nitrogen and oxygen atoms in total. The molecular weight excluding hydrogens is 544 g/mol. The van der Waals surface area contributed by atoms with Crippen LogP contribution in [0.15, 0.2) is 0 Å². The van der Waals surface area contributed by atoms with Gasteiger partial charge in [-0.05, 0) is 58.8 Å². The molecular formula is C36H86O7. The maximum Gasteiger partial charge on any atom is 0.0540 e. The normalized spacial score (nSPS) is 10.1. The maximum atomic E-state index is 4.90. The molecule has 272 valence electrons. The quantitative estimate of drug-likeness (QED) is 0.132. The summed E-state index contributed by atoms with van der Waals surface area (Å²) in [6.45, 7) is 25.6. The highest BCUT2D eigenvalue weighted by Crippen LogP contribution is 1.97. The van der Waals surface area contributed by atoms with Crippen LogP contribution >= 0.6 is 0 Å². The lowest BCUT2D eigenvalue weighted by molar-refractivity contribution is 0.115. The highest BCUT2D eigenvalue weighted by atomic mass is 16.5. The maximum absolute atomic E-state index is 4.90. The molecule has 0 saturated heterocycles. The highest BCUT2D eigenvalue weighted by Gasteiger charge is 1.88. The van der Waals surface area contributed by atoms with E-state index in [1.165, 1.54) is 57.8 Å². The van der Waals surface area contributed by atoms with Crippen LogP contribution in [0.5, 0.6) is 0 Å². The van der Waals surface area contributed by atoms with Gasteiger partial charge in [0.1, 0.15) is 0 Å². The average molecular weight is 631 g/mol. The van der Waals surface area contributed by atoms with Crippen LogP contribution in [0.4, 0.5) is 0 Å². The molecule has 1 atom stereocenters. The average Bonchev–Trinajstić information content (AvgIpc) is 3.00. The Morgan fingerprint density at radius 3 is 0.930 bits per heavy atom. The SMILES string of the molecule is CCC(C)OC.CCCCCCOC.CCCCCOC.CCCCOC.CCCOC.COC(C)C.COCC(C)C. The first-order valence-electron chi connectivity index (χ1n) is 17.0. The molecule has 43 heavy (non-hydrogen) atoms. The lowest BCUT2D eigenvalue weighted by Crippen LogP contribution is -2.00. The first kappa shape index (κ1) is 58.3. The van der Waals surface area contributed by atoms with E-state index in [0.29, 0.717) is 18.1 Å². The van der Waals surface area contributed by atoms with Crippen LogP contribution in [-0.2, 0) is 33.2 Å². The Hall–Kier alpha value is -0.280. The van der Waals surface area contributed by atoms with Crippen LogP contribution < -0.4 is 0 Å². The summed E-state index contributed by atoms with van der Waals surface area (Å²) in [6.07, 6.45) is 14.5. The number of hydrogen-bond donors (Lipinski definition) is 0. The standard InChI is InChI=1S/C7H16O.C6H14O.3C5H12O.2C4H10O/c1-3-4-5-6-7-8-2;1-3-4-5-6-7-2;1-5(2)4-6-3;1-4-5(2)6-3;1-3-4-5-6-2;1-4(2)5-3;1-3-4-5-2/h3-7H2,1-2H3;3-6H2,1-2H3;2*5H,4H2,1-3H3;3-5H2,1-2H3;4H,1-3H3;3-4H2,1-2H3. The van der Waals surface area contributed by atoms with Crippen molar-refractivity contribution in [3.63, 3.8) is 0 Å². The van der Waals surface area contributed by atoms with E-state index in [-0.39, 0.29) is 0 Å². The Kier molecular flexibility index (Phi) is 93.2. The molecule has 0 saturated carbocycles. The van der Waals surface area contributed by atoms with Crippen molar-refractivity contribution in [2.75, 3.05) is 82.8 Å². The molecule has 0 aromatic carbocycles. The summed E-state index contributed by atoms with van der Waals surface area (Å²) in [4.78, 5) is 0. The van der Waals surface area contributed by atoms with Crippen molar-refractivity contribution in [3.05, 3.63) is 0 Å². The summed E-state index contributed by atoms with van der Waals surface area (Å²) in [5, 5.41) is 0. The molecule has 7 heteroatoms. The monoisotopic (exact) mass is 631 g/mol. The Bertz CT molecular complexity index is 324. The topological polar surface area (TPSA) is 64.6 Å². The van der Waals surface area contributed by atoms with E-state index >= 15 is 0 Å². The third kappa shape index (κ3) is 128. The summed E-state index contributed by atoms with van der Waals surface area (Å²) >= 11 is 0. The van der Waals surface area contributed by atoms with Crippen LogP contribution in [0.25, 0.3) is 0 Å². The number of rotatable bonds is 19. The van der Waals surface area contributed by atoms with Crippen LogP contribution in [0, 0.1) is 5.92 Å². The fourth-order valence-electron chi connectivity index (χ4n) is 2.16. The molecule has 1 unspecified atom stereocenters. The molecule has 0 aliphatic heterocycles. The Morgan fingerprint density at radius 1 is 0.395 bits per heavy atom. The number of hydrogen-bond acceptors (Lipinski definition) is 7. The van der Waals surface area contributed by atoms with Gasteiger partial charge in [0.25, 0.3) is 0 Å². The fourth-order valence-corrected chi connectivity index (χ4v) is 2.16. The molecule has 0 heterocycles. The minimum atomic E-state index is 0.384. The van der Waals surface area contributed by atoms with E-state index in [1.807, 2.05) is 13.8 Å². The first-order valence-corrected chi connectivity index (χ1v) is 17.0. The zero-order valence-electron chi connectivity index (χ0n) is 32.9. The third-order valence-corrected chi connectivity index (χ3v) is 5.21. The number of methoxy groups -OCH3 is 7. The van der Waals surface area contributed by atoms with Gasteiger partial charge in [0.15, 0.2) is 0 Å². The van der Waals surface area contributed by atoms with Gasteiger partial charge < -0.3 is 33.2 Å². The molecule has 0 bridgehead atoms. The molecule has 0 rings (SSSR count). The van der Waals surface area contributed by atoms with Gasteiger partial charge >= 0.3 is 0 Å². The molecule has 0 aromatic rings. The second-order valence-electron chi connectivity index (χ2n) is 10.7. The second-order valence-corrected chi connectivity index (χ2v) is 10.7. The number of unbranched alkanes of at least 4 members (excludes halogenated alkanes) is 6. The summed E-state index contributed by atoms with van der Waals surface area (Å²) in [6, 6.07) is 0. The van der Waals surface area contributed by atoms with Crippen LogP contribution in [0.1, 0.15) is 140 Å². The van der Waals surface area contributed by atoms with Gasteiger partial charge in [-0.3, -0.25) is 0 Å². The Labute approximate surface area is 273 Å².